The van der Waals surface area contributed by atoms with Gasteiger partial charge in [0.05, 0.1) is 5.39 Å². The molecule has 0 radical (unpaired) electrons. The molecular weight excluding hydrogens is 327 g/mol. The summed E-state index contributed by atoms with van der Waals surface area (Å²) in [5.74, 6) is 1.15. The van der Waals surface area contributed by atoms with Crippen LogP contribution in [0.4, 0.5) is 15.9 Å². The molecule has 26 heavy (non-hydrogen) atoms. The van der Waals surface area contributed by atoms with Crippen molar-refractivity contribution in [1.29, 1.82) is 0 Å². The third-order valence-corrected chi connectivity index (χ3v) is 4.59. The quantitative estimate of drug-likeness (QED) is 0.552. The van der Waals surface area contributed by atoms with E-state index in [4.69, 9.17) is 4.98 Å². The molecule has 0 bridgehead atoms. The first-order chi connectivity index (χ1) is 12.5. The number of halogens is 1. The van der Waals surface area contributed by atoms with Crippen molar-refractivity contribution in [2.24, 2.45) is 0 Å². The predicted molar refractivity (Wildman–Crippen MR) is 103 cm³/mol. The largest absolute Gasteiger partial charge is 0.340 e. The Hall–Kier alpha value is -3.21. The van der Waals surface area contributed by atoms with Crippen LogP contribution in [0, 0.1) is 26.6 Å². The lowest BCUT2D eigenvalue weighted by Gasteiger charge is -2.10. The van der Waals surface area contributed by atoms with Crippen molar-refractivity contribution in [2.75, 3.05) is 5.32 Å². The van der Waals surface area contributed by atoms with Crippen LogP contribution in [0.15, 0.2) is 54.6 Å². The number of para-hydroxylation sites is 1. The lowest BCUT2D eigenvalue weighted by Crippen LogP contribution is -2.02. The van der Waals surface area contributed by atoms with Crippen LogP contribution in [0.25, 0.3) is 16.7 Å². The van der Waals surface area contributed by atoms with Crippen LogP contribution in [0.5, 0.6) is 0 Å². The molecule has 0 aliphatic rings. The number of nitrogens with zero attached hydrogens (tertiary/aromatic N) is 3. The molecule has 2 heterocycles. The minimum Gasteiger partial charge on any atom is -0.340 e. The zero-order valence-electron chi connectivity index (χ0n) is 14.9. The van der Waals surface area contributed by atoms with E-state index in [1.54, 1.807) is 12.1 Å². The standard InChI is InChI=1S/C21H19FN4/c1-13-14(2)26(18-7-5-4-6-8-18)21-19(13)20(23-15(3)24-21)25-17-11-9-16(22)10-12-17/h4-12H,1-3H3,(H,23,24,25). The van der Waals surface area contributed by atoms with Crippen molar-refractivity contribution >= 4 is 22.5 Å². The highest BCUT2D eigenvalue weighted by molar-refractivity contribution is 5.94. The van der Waals surface area contributed by atoms with Crippen molar-refractivity contribution in [3.05, 3.63) is 77.5 Å². The van der Waals surface area contributed by atoms with Gasteiger partial charge in [0.15, 0.2) is 5.65 Å². The lowest BCUT2D eigenvalue weighted by atomic mass is 10.2. The third kappa shape index (κ3) is 2.71. The summed E-state index contributed by atoms with van der Waals surface area (Å²) in [5, 5.41) is 4.29. The normalized spacial score (nSPS) is 11.1. The predicted octanol–water partition coefficient (Wildman–Crippen LogP) is 5.23. The molecule has 2 aromatic carbocycles. The van der Waals surface area contributed by atoms with Crippen LogP contribution in [0.1, 0.15) is 17.1 Å². The Balaban J connectivity index is 1.94. The number of aryl methyl sites for hydroxylation is 2. The topological polar surface area (TPSA) is 42.7 Å². The van der Waals surface area contributed by atoms with Gasteiger partial charge in [0, 0.05) is 17.1 Å². The summed E-state index contributed by atoms with van der Waals surface area (Å²) >= 11 is 0. The maximum Gasteiger partial charge on any atom is 0.150 e. The summed E-state index contributed by atoms with van der Waals surface area (Å²) in [7, 11) is 0. The number of hydrogen-bond acceptors (Lipinski definition) is 3. The molecule has 0 atom stereocenters. The SMILES string of the molecule is Cc1nc(Nc2ccc(F)cc2)c2c(C)c(C)n(-c3ccccc3)c2n1. The molecule has 0 saturated heterocycles. The Morgan fingerprint density at radius 2 is 1.58 bits per heavy atom. The Morgan fingerprint density at radius 3 is 2.27 bits per heavy atom. The highest BCUT2D eigenvalue weighted by Crippen LogP contribution is 2.33. The maximum absolute atomic E-state index is 13.2. The number of rotatable bonds is 3. The number of hydrogen-bond donors (Lipinski definition) is 1. The Kier molecular flexibility index (Phi) is 3.92. The molecule has 0 saturated carbocycles. The molecule has 0 amide bonds. The van der Waals surface area contributed by atoms with Crippen LogP contribution in [0.2, 0.25) is 0 Å². The molecule has 0 aliphatic heterocycles. The Labute approximate surface area is 151 Å². The van der Waals surface area contributed by atoms with Gasteiger partial charge in [-0.1, -0.05) is 18.2 Å². The first-order valence-corrected chi connectivity index (χ1v) is 8.49. The summed E-state index contributed by atoms with van der Waals surface area (Å²) < 4.78 is 15.3. The molecule has 0 unspecified atom stereocenters. The van der Waals surface area contributed by atoms with E-state index < -0.39 is 0 Å². The van der Waals surface area contributed by atoms with Crippen molar-refractivity contribution in [3.63, 3.8) is 0 Å². The Bertz CT molecular complexity index is 1080. The third-order valence-electron chi connectivity index (χ3n) is 4.59. The second-order valence-electron chi connectivity index (χ2n) is 6.33. The van der Waals surface area contributed by atoms with E-state index >= 15 is 0 Å². The highest BCUT2D eigenvalue weighted by atomic mass is 19.1. The van der Waals surface area contributed by atoms with E-state index in [-0.39, 0.29) is 5.82 Å². The van der Waals surface area contributed by atoms with Gasteiger partial charge in [-0.15, -0.1) is 0 Å². The van der Waals surface area contributed by atoms with Crippen LogP contribution >= 0.6 is 0 Å². The summed E-state index contributed by atoms with van der Waals surface area (Å²) in [6.45, 7) is 6.04. The van der Waals surface area contributed by atoms with Gasteiger partial charge in [0.2, 0.25) is 0 Å². The van der Waals surface area contributed by atoms with Gasteiger partial charge in [-0.3, -0.25) is 4.57 Å². The molecule has 4 rings (SSSR count). The molecule has 4 aromatic rings. The van der Waals surface area contributed by atoms with Gasteiger partial charge in [-0.05, 0) is 62.7 Å². The van der Waals surface area contributed by atoms with Gasteiger partial charge in [0.25, 0.3) is 0 Å². The number of fused-ring (bicyclic) bond motifs is 1. The smallest absolute Gasteiger partial charge is 0.150 e. The first-order valence-electron chi connectivity index (χ1n) is 8.49. The van der Waals surface area contributed by atoms with Gasteiger partial charge < -0.3 is 5.32 Å². The average Bonchev–Trinajstić information content (AvgIpc) is 2.88. The number of benzene rings is 2. The second kappa shape index (κ2) is 6.26. The van der Waals surface area contributed by atoms with E-state index in [0.717, 1.165) is 39.5 Å². The van der Waals surface area contributed by atoms with Crippen LogP contribution in [-0.4, -0.2) is 14.5 Å². The lowest BCUT2D eigenvalue weighted by molar-refractivity contribution is 0.628. The fourth-order valence-electron chi connectivity index (χ4n) is 3.23. The fourth-order valence-corrected chi connectivity index (χ4v) is 3.23. The summed E-state index contributed by atoms with van der Waals surface area (Å²) in [5.41, 5.74) is 4.95. The van der Waals surface area contributed by atoms with E-state index in [2.05, 4.69) is 40.8 Å². The second-order valence-corrected chi connectivity index (χ2v) is 6.33. The van der Waals surface area contributed by atoms with E-state index in [0.29, 0.717) is 5.82 Å². The molecule has 0 fully saturated rings. The van der Waals surface area contributed by atoms with Crippen molar-refractivity contribution in [2.45, 2.75) is 20.8 Å². The first kappa shape index (κ1) is 16.3. The van der Waals surface area contributed by atoms with E-state index in [9.17, 15) is 4.39 Å². The number of nitrogens with one attached hydrogen (secondary N) is 1. The van der Waals surface area contributed by atoms with E-state index in [1.807, 2.05) is 25.1 Å². The molecular formula is C21H19FN4. The van der Waals surface area contributed by atoms with Gasteiger partial charge >= 0.3 is 0 Å². The highest BCUT2D eigenvalue weighted by Gasteiger charge is 2.18. The van der Waals surface area contributed by atoms with Gasteiger partial charge in [-0.2, -0.15) is 0 Å². The van der Waals surface area contributed by atoms with Crippen LogP contribution in [0.3, 0.4) is 0 Å². The minimum absolute atomic E-state index is 0.262. The van der Waals surface area contributed by atoms with Crippen molar-refractivity contribution in [3.8, 4) is 5.69 Å². The van der Waals surface area contributed by atoms with Crippen LogP contribution < -0.4 is 5.32 Å². The van der Waals surface area contributed by atoms with Gasteiger partial charge in [-0.25, -0.2) is 14.4 Å². The van der Waals surface area contributed by atoms with Crippen molar-refractivity contribution < 1.29 is 4.39 Å². The molecule has 4 nitrogen and oxygen atoms in total. The number of aromatic nitrogens is 3. The molecule has 130 valence electrons. The van der Waals surface area contributed by atoms with Crippen molar-refractivity contribution in [1.82, 2.24) is 14.5 Å². The zero-order chi connectivity index (χ0) is 18.3. The fraction of sp³-hybridized carbons (Fsp3) is 0.143. The summed E-state index contributed by atoms with van der Waals surface area (Å²) in [4.78, 5) is 9.30. The zero-order valence-corrected chi connectivity index (χ0v) is 14.9. The minimum atomic E-state index is -0.262. The molecule has 2 aromatic heterocycles. The average molecular weight is 346 g/mol. The maximum atomic E-state index is 13.2. The van der Waals surface area contributed by atoms with Crippen LogP contribution in [-0.2, 0) is 0 Å². The monoisotopic (exact) mass is 346 g/mol. The molecule has 0 spiro atoms. The molecule has 1 N–H and O–H groups in total. The number of anilines is 2. The van der Waals surface area contributed by atoms with E-state index in [1.165, 1.54) is 12.1 Å². The summed E-state index contributed by atoms with van der Waals surface area (Å²) in [6, 6.07) is 16.4. The molecule has 5 heteroatoms. The van der Waals surface area contributed by atoms with Gasteiger partial charge in [0.1, 0.15) is 17.5 Å². The molecule has 0 aliphatic carbocycles. The Morgan fingerprint density at radius 1 is 0.885 bits per heavy atom. The summed E-state index contributed by atoms with van der Waals surface area (Å²) in [6.07, 6.45) is 0.